The Labute approximate surface area is 170 Å². The Hall–Kier alpha value is -3.80. The third kappa shape index (κ3) is 3.59. The molecule has 3 heterocycles. The third-order valence-electron chi connectivity index (χ3n) is 5.08. The molecule has 1 aliphatic heterocycles. The number of hydrogen-bond acceptors (Lipinski definition) is 4. The first-order chi connectivity index (χ1) is 14.4. The summed E-state index contributed by atoms with van der Waals surface area (Å²) < 4.78 is 27.1. The average Bonchev–Trinajstić information content (AvgIpc) is 3.32. The standard InChI is InChI=1S/C21H17F2N5O2/c22-21(23)7-13(8-24)28(12-21)19(29)11-27-20(30)15-5-6-25-9-16(15)17-10-26-18-4-2-1-3-14(17)18/h1-6,9-10,13,26H,7,11-12H2,(H,27,30). The van der Waals surface area contributed by atoms with Crippen LogP contribution in [-0.2, 0) is 4.79 Å². The molecule has 0 spiro atoms. The van der Waals surface area contributed by atoms with Crippen molar-refractivity contribution >= 4 is 22.7 Å². The van der Waals surface area contributed by atoms with Gasteiger partial charge in [0.1, 0.15) is 6.04 Å². The van der Waals surface area contributed by atoms with Crippen molar-refractivity contribution in [2.24, 2.45) is 0 Å². The zero-order chi connectivity index (χ0) is 21.3. The van der Waals surface area contributed by atoms with Crippen LogP contribution in [0.1, 0.15) is 16.8 Å². The van der Waals surface area contributed by atoms with Crippen LogP contribution >= 0.6 is 0 Å². The molecule has 30 heavy (non-hydrogen) atoms. The summed E-state index contributed by atoms with van der Waals surface area (Å²) in [7, 11) is 0. The maximum atomic E-state index is 13.6. The zero-order valence-corrected chi connectivity index (χ0v) is 15.7. The van der Waals surface area contributed by atoms with Crippen molar-refractivity contribution in [3.63, 3.8) is 0 Å². The highest BCUT2D eigenvalue weighted by molar-refractivity contribution is 6.06. The third-order valence-corrected chi connectivity index (χ3v) is 5.08. The van der Waals surface area contributed by atoms with Gasteiger partial charge < -0.3 is 15.2 Å². The molecule has 2 amide bonds. The number of fused-ring (bicyclic) bond motifs is 1. The van der Waals surface area contributed by atoms with Gasteiger partial charge in [0.25, 0.3) is 11.8 Å². The number of benzene rings is 1. The largest absolute Gasteiger partial charge is 0.361 e. The molecule has 0 aliphatic carbocycles. The van der Waals surface area contributed by atoms with Crippen LogP contribution in [0.5, 0.6) is 0 Å². The van der Waals surface area contributed by atoms with Gasteiger partial charge in [-0.3, -0.25) is 14.6 Å². The van der Waals surface area contributed by atoms with Crippen LogP contribution in [0.25, 0.3) is 22.0 Å². The van der Waals surface area contributed by atoms with Gasteiger partial charge in [-0.2, -0.15) is 5.26 Å². The van der Waals surface area contributed by atoms with Gasteiger partial charge >= 0.3 is 0 Å². The van der Waals surface area contributed by atoms with E-state index in [1.165, 1.54) is 12.3 Å². The van der Waals surface area contributed by atoms with E-state index in [1.54, 1.807) is 18.5 Å². The second-order valence-corrected chi connectivity index (χ2v) is 7.08. The summed E-state index contributed by atoms with van der Waals surface area (Å²) >= 11 is 0. The topological polar surface area (TPSA) is 102 Å². The molecule has 1 aliphatic rings. The molecule has 0 radical (unpaired) electrons. The summed E-state index contributed by atoms with van der Waals surface area (Å²) in [5, 5.41) is 12.4. The molecule has 0 saturated carbocycles. The van der Waals surface area contributed by atoms with Crippen LogP contribution in [0.2, 0.25) is 0 Å². The van der Waals surface area contributed by atoms with E-state index in [1.807, 2.05) is 24.3 Å². The van der Waals surface area contributed by atoms with Gasteiger partial charge in [0.15, 0.2) is 0 Å². The SMILES string of the molecule is N#CC1CC(F)(F)CN1C(=O)CNC(=O)c1ccncc1-c1c[nH]c2ccccc12. The number of carbonyl (C=O) groups is 2. The highest BCUT2D eigenvalue weighted by Gasteiger charge is 2.47. The van der Waals surface area contributed by atoms with Gasteiger partial charge in [-0.25, -0.2) is 8.78 Å². The Balaban J connectivity index is 1.53. The number of likely N-dealkylation sites (tertiary alicyclic amines) is 1. The van der Waals surface area contributed by atoms with Crippen LogP contribution < -0.4 is 5.32 Å². The molecule has 1 unspecified atom stereocenters. The van der Waals surface area contributed by atoms with Gasteiger partial charge in [0.05, 0.1) is 24.7 Å². The minimum absolute atomic E-state index is 0.297. The molecule has 3 aromatic rings. The number of para-hydroxylation sites is 1. The summed E-state index contributed by atoms with van der Waals surface area (Å²) in [4.78, 5) is 33.1. The number of nitriles is 1. The van der Waals surface area contributed by atoms with Crippen molar-refractivity contribution in [2.75, 3.05) is 13.1 Å². The number of H-pyrrole nitrogens is 1. The van der Waals surface area contributed by atoms with Crippen molar-refractivity contribution in [3.8, 4) is 17.2 Å². The zero-order valence-electron chi connectivity index (χ0n) is 15.7. The number of halogens is 2. The van der Waals surface area contributed by atoms with Gasteiger partial charge in [0, 0.05) is 47.0 Å². The fourth-order valence-electron chi connectivity index (χ4n) is 3.65. The Kier molecular flexibility index (Phi) is 4.91. The Morgan fingerprint density at radius 2 is 2.10 bits per heavy atom. The lowest BCUT2D eigenvalue weighted by atomic mass is 10.0. The van der Waals surface area contributed by atoms with Crippen molar-refractivity contribution in [1.29, 1.82) is 5.26 Å². The number of rotatable bonds is 4. The van der Waals surface area contributed by atoms with Gasteiger partial charge in [-0.05, 0) is 12.1 Å². The number of pyridine rings is 1. The molecule has 1 saturated heterocycles. The van der Waals surface area contributed by atoms with E-state index in [0.29, 0.717) is 11.1 Å². The van der Waals surface area contributed by atoms with Crippen LogP contribution in [0.4, 0.5) is 8.78 Å². The second-order valence-electron chi connectivity index (χ2n) is 7.08. The predicted octanol–water partition coefficient (Wildman–Crippen LogP) is 2.72. The first-order valence-electron chi connectivity index (χ1n) is 9.25. The average molecular weight is 409 g/mol. The fourth-order valence-corrected chi connectivity index (χ4v) is 3.65. The summed E-state index contributed by atoms with van der Waals surface area (Å²) in [5.74, 6) is -4.37. The molecule has 1 aromatic carbocycles. The number of hydrogen-bond donors (Lipinski definition) is 2. The number of alkyl halides is 2. The maximum Gasteiger partial charge on any atom is 0.268 e. The van der Waals surface area contributed by atoms with E-state index in [9.17, 15) is 18.4 Å². The monoisotopic (exact) mass is 409 g/mol. The van der Waals surface area contributed by atoms with E-state index in [-0.39, 0.29) is 0 Å². The van der Waals surface area contributed by atoms with E-state index in [0.717, 1.165) is 21.4 Å². The molecule has 0 bridgehead atoms. The van der Waals surface area contributed by atoms with E-state index < -0.39 is 43.3 Å². The molecule has 2 aromatic heterocycles. The van der Waals surface area contributed by atoms with Crippen molar-refractivity contribution in [1.82, 2.24) is 20.2 Å². The molecular weight excluding hydrogens is 392 g/mol. The minimum atomic E-state index is -3.10. The number of nitrogens with one attached hydrogen (secondary N) is 2. The minimum Gasteiger partial charge on any atom is -0.361 e. The summed E-state index contributed by atoms with van der Waals surface area (Å²) in [6, 6.07) is 9.63. The number of carbonyl (C=O) groups excluding carboxylic acids is 2. The predicted molar refractivity (Wildman–Crippen MR) is 105 cm³/mol. The Bertz CT molecular complexity index is 1170. The first kappa shape index (κ1) is 19.5. The molecule has 1 fully saturated rings. The van der Waals surface area contributed by atoms with Crippen LogP contribution in [-0.4, -0.2) is 51.7 Å². The van der Waals surface area contributed by atoms with E-state index >= 15 is 0 Å². The highest BCUT2D eigenvalue weighted by atomic mass is 19.3. The molecule has 4 rings (SSSR count). The normalized spacial score (nSPS) is 17.6. The van der Waals surface area contributed by atoms with Crippen LogP contribution in [0.15, 0.2) is 48.9 Å². The molecular formula is C21H17F2N5O2. The second kappa shape index (κ2) is 7.55. The van der Waals surface area contributed by atoms with Gasteiger partial charge in [0.2, 0.25) is 5.91 Å². The van der Waals surface area contributed by atoms with Gasteiger partial charge in [-0.1, -0.05) is 18.2 Å². The number of nitrogens with zero attached hydrogens (tertiary/aromatic N) is 3. The lowest BCUT2D eigenvalue weighted by Gasteiger charge is -2.19. The number of aromatic nitrogens is 2. The lowest BCUT2D eigenvalue weighted by molar-refractivity contribution is -0.131. The maximum absolute atomic E-state index is 13.6. The first-order valence-corrected chi connectivity index (χ1v) is 9.25. The smallest absolute Gasteiger partial charge is 0.268 e. The molecule has 9 heteroatoms. The Morgan fingerprint density at radius 1 is 1.30 bits per heavy atom. The van der Waals surface area contributed by atoms with Crippen LogP contribution in [0.3, 0.4) is 0 Å². The summed E-state index contributed by atoms with van der Waals surface area (Å²) in [6.07, 6.45) is 4.09. The van der Waals surface area contributed by atoms with Crippen molar-refractivity contribution < 1.29 is 18.4 Å². The number of amides is 2. The fraction of sp³-hybridized carbons (Fsp3) is 0.238. The number of aromatic amines is 1. The lowest BCUT2D eigenvalue weighted by Crippen LogP contribution is -2.43. The highest BCUT2D eigenvalue weighted by Crippen LogP contribution is 2.32. The molecule has 1 atom stereocenters. The summed E-state index contributed by atoms with van der Waals surface area (Å²) in [6.45, 7) is -1.31. The van der Waals surface area contributed by atoms with E-state index in [2.05, 4.69) is 15.3 Å². The molecule has 2 N–H and O–H groups in total. The van der Waals surface area contributed by atoms with Crippen LogP contribution in [0, 0.1) is 11.3 Å². The van der Waals surface area contributed by atoms with Gasteiger partial charge in [-0.15, -0.1) is 0 Å². The van der Waals surface area contributed by atoms with E-state index in [4.69, 9.17) is 5.26 Å². The quantitative estimate of drug-likeness (QED) is 0.692. The van der Waals surface area contributed by atoms with Crippen molar-refractivity contribution in [3.05, 3.63) is 54.5 Å². The molecule has 7 nitrogen and oxygen atoms in total. The molecule has 152 valence electrons. The van der Waals surface area contributed by atoms with Crippen molar-refractivity contribution in [2.45, 2.75) is 18.4 Å². The Morgan fingerprint density at radius 3 is 2.90 bits per heavy atom. The summed E-state index contributed by atoms with van der Waals surface area (Å²) in [5.41, 5.74) is 2.54.